The van der Waals surface area contributed by atoms with Crippen LogP contribution in [0.4, 0.5) is 0 Å². The highest BCUT2D eigenvalue weighted by Gasteiger charge is 2.41. The van der Waals surface area contributed by atoms with Crippen LogP contribution >= 0.6 is 0 Å². The van der Waals surface area contributed by atoms with Gasteiger partial charge >= 0.3 is 11.9 Å². The molecule has 176 valence electrons. The second-order valence-corrected chi connectivity index (χ2v) is 8.38. The predicted molar refractivity (Wildman–Crippen MR) is 115 cm³/mol. The minimum atomic E-state index is -1.09. The minimum Gasteiger partial charge on any atom is -0.423 e. The second kappa shape index (κ2) is 10.6. The van der Waals surface area contributed by atoms with E-state index >= 15 is 0 Å². The molecular formula is C24H32O8. The molecule has 0 saturated heterocycles. The van der Waals surface area contributed by atoms with Crippen molar-refractivity contribution in [3.05, 3.63) is 46.0 Å². The van der Waals surface area contributed by atoms with E-state index in [2.05, 4.69) is 0 Å². The second-order valence-electron chi connectivity index (χ2n) is 8.38. The zero-order valence-corrected chi connectivity index (χ0v) is 18.5. The molecule has 2 aliphatic carbocycles. The molecule has 0 aromatic carbocycles. The topological polar surface area (TPSA) is 134 Å². The van der Waals surface area contributed by atoms with E-state index < -0.39 is 36.4 Å². The van der Waals surface area contributed by atoms with Crippen molar-refractivity contribution >= 4 is 11.9 Å². The van der Waals surface area contributed by atoms with E-state index in [9.17, 15) is 30.0 Å². The summed E-state index contributed by atoms with van der Waals surface area (Å²) in [6, 6.07) is 0. The molecule has 0 aromatic heterocycles. The third-order valence-corrected chi connectivity index (χ3v) is 6.03. The van der Waals surface area contributed by atoms with Crippen LogP contribution in [-0.2, 0) is 19.1 Å². The smallest absolute Gasteiger partial charge is 0.342 e. The number of hydrogen-bond acceptors (Lipinski definition) is 8. The van der Waals surface area contributed by atoms with Gasteiger partial charge in [-0.1, -0.05) is 26.7 Å². The highest BCUT2D eigenvalue weighted by Crippen LogP contribution is 2.38. The summed E-state index contributed by atoms with van der Waals surface area (Å²) >= 11 is 0. The summed E-state index contributed by atoms with van der Waals surface area (Å²) in [7, 11) is 0. The quantitative estimate of drug-likeness (QED) is 0.481. The molecule has 0 unspecified atom stereocenters. The van der Waals surface area contributed by atoms with E-state index in [1.54, 1.807) is 0 Å². The molecule has 0 bridgehead atoms. The van der Waals surface area contributed by atoms with Gasteiger partial charge in [0.05, 0.1) is 23.4 Å². The monoisotopic (exact) mass is 448 g/mol. The van der Waals surface area contributed by atoms with Gasteiger partial charge in [-0.15, -0.1) is 0 Å². The first-order chi connectivity index (χ1) is 15.3. The van der Waals surface area contributed by atoms with Crippen LogP contribution in [0, 0.1) is 0 Å². The van der Waals surface area contributed by atoms with Crippen molar-refractivity contribution < 1.29 is 39.5 Å². The van der Waals surface area contributed by atoms with Crippen molar-refractivity contribution in [3.63, 3.8) is 0 Å². The number of aliphatic hydroxyl groups is 4. The molecule has 4 N–H and O–H groups in total. The van der Waals surface area contributed by atoms with Gasteiger partial charge in [0.2, 0.25) is 0 Å². The largest absolute Gasteiger partial charge is 0.423 e. The molecule has 0 amide bonds. The van der Waals surface area contributed by atoms with Crippen molar-refractivity contribution in [1.29, 1.82) is 0 Å². The summed E-state index contributed by atoms with van der Waals surface area (Å²) in [6.07, 6.45) is 5.65. The van der Waals surface area contributed by atoms with Gasteiger partial charge < -0.3 is 29.9 Å². The third-order valence-electron chi connectivity index (χ3n) is 6.03. The van der Waals surface area contributed by atoms with E-state index in [0.29, 0.717) is 37.2 Å². The van der Waals surface area contributed by atoms with E-state index in [1.807, 2.05) is 26.0 Å². The number of carbonyl (C=O) groups is 2. The molecule has 0 saturated carbocycles. The summed E-state index contributed by atoms with van der Waals surface area (Å²) in [5.74, 6) is 0.132. The van der Waals surface area contributed by atoms with Gasteiger partial charge in [0.15, 0.2) is 0 Å². The molecule has 4 aliphatic rings. The fourth-order valence-corrected chi connectivity index (χ4v) is 4.22. The lowest BCUT2D eigenvalue weighted by molar-refractivity contribution is -0.135. The van der Waals surface area contributed by atoms with Gasteiger partial charge in [-0.05, 0) is 50.7 Å². The van der Waals surface area contributed by atoms with Crippen molar-refractivity contribution in [1.82, 2.24) is 0 Å². The fourth-order valence-electron chi connectivity index (χ4n) is 4.22. The molecule has 4 rings (SSSR count). The van der Waals surface area contributed by atoms with Crippen LogP contribution in [0.1, 0.15) is 65.2 Å². The van der Waals surface area contributed by atoms with Crippen LogP contribution in [0.5, 0.6) is 0 Å². The zero-order chi connectivity index (χ0) is 23.4. The number of aliphatic hydroxyl groups excluding tert-OH is 4. The fraction of sp³-hybridized carbons (Fsp3) is 0.583. The molecule has 0 fully saturated rings. The lowest BCUT2D eigenvalue weighted by Gasteiger charge is -2.22. The van der Waals surface area contributed by atoms with Crippen molar-refractivity contribution in [2.45, 2.75) is 89.6 Å². The average Bonchev–Trinajstić information content (AvgIpc) is 3.27. The van der Waals surface area contributed by atoms with Crippen LogP contribution in [0.25, 0.3) is 0 Å². The molecule has 0 radical (unpaired) electrons. The number of allylic oxidation sites excluding steroid dienone is 4. The summed E-state index contributed by atoms with van der Waals surface area (Å²) < 4.78 is 10.2. The minimum absolute atomic E-state index is 0.251. The molecule has 0 spiro atoms. The van der Waals surface area contributed by atoms with Gasteiger partial charge in [-0.3, -0.25) is 0 Å². The zero-order valence-electron chi connectivity index (χ0n) is 18.5. The Labute approximate surface area is 187 Å². The van der Waals surface area contributed by atoms with Crippen molar-refractivity contribution in [2.75, 3.05) is 0 Å². The molecule has 4 atom stereocenters. The average molecular weight is 449 g/mol. The van der Waals surface area contributed by atoms with Gasteiger partial charge in [0.1, 0.15) is 23.7 Å². The van der Waals surface area contributed by atoms with Crippen LogP contribution in [0.2, 0.25) is 0 Å². The van der Waals surface area contributed by atoms with Gasteiger partial charge in [0.25, 0.3) is 0 Å². The van der Waals surface area contributed by atoms with Gasteiger partial charge in [-0.25, -0.2) is 9.59 Å². The Kier molecular flexibility index (Phi) is 8.05. The number of ether oxygens (including phenoxy) is 2. The Hall–Kier alpha value is -2.26. The molecule has 2 aliphatic heterocycles. The summed E-state index contributed by atoms with van der Waals surface area (Å²) in [4.78, 5) is 23.1. The lowest BCUT2D eigenvalue weighted by Crippen LogP contribution is -2.33. The first-order valence-electron chi connectivity index (χ1n) is 11.3. The molecule has 2 heterocycles. The lowest BCUT2D eigenvalue weighted by atomic mass is 9.87. The first kappa shape index (κ1) is 24.4. The van der Waals surface area contributed by atoms with Crippen LogP contribution in [0.3, 0.4) is 0 Å². The number of rotatable bonds is 4. The maximum atomic E-state index is 11.5. The summed E-state index contributed by atoms with van der Waals surface area (Å²) in [5, 5.41) is 38.4. The molecule has 8 nitrogen and oxygen atoms in total. The van der Waals surface area contributed by atoms with Crippen molar-refractivity contribution in [3.8, 4) is 0 Å². The Morgan fingerprint density at radius 3 is 1.47 bits per heavy atom. The van der Waals surface area contributed by atoms with Gasteiger partial charge in [0, 0.05) is 11.1 Å². The predicted octanol–water partition coefficient (Wildman–Crippen LogP) is 2.08. The molecule has 32 heavy (non-hydrogen) atoms. The van der Waals surface area contributed by atoms with E-state index in [1.165, 1.54) is 0 Å². The molecule has 8 heteroatoms. The van der Waals surface area contributed by atoms with Crippen LogP contribution in [-0.4, -0.2) is 56.8 Å². The molecule has 0 aromatic rings. The number of unbranched alkanes of at least 4 members (excludes halogenated alkanes) is 2. The number of esters is 2. The van der Waals surface area contributed by atoms with Crippen LogP contribution < -0.4 is 0 Å². The Balaban J connectivity index is 0.000000181. The Morgan fingerprint density at radius 2 is 1.12 bits per heavy atom. The maximum Gasteiger partial charge on any atom is 0.342 e. The Morgan fingerprint density at radius 1 is 0.750 bits per heavy atom. The number of carbonyl (C=O) groups excluding carboxylic acids is 2. The molecular weight excluding hydrogens is 416 g/mol. The SMILES string of the molecule is CCC/C=C1\OC(=O)C2=C1CC[C@@H](O)[C@H]2O.CCC/C=C1\OC(=O)C2=C1CC[C@H](O)[C@@H]2O. The van der Waals surface area contributed by atoms with E-state index in [0.717, 1.165) is 36.8 Å². The highest BCUT2D eigenvalue weighted by atomic mass is 16.5. The van der Waals surface area contributed by atoms with E-state index in [-0.39, 0.29) is 11.1 Å². The maximum absolute atomic E-state index is 11.5. The van der Waals surface area contributed by atoms with Crippen molar-refractivity contribution in [2.24, 2.45) is 0 Å². The normalized spacial score (nSPS) is 31.9. The first-order valence-corrected chi connectivity index (χ1v) is 11.3. The number of hydrogen-bond donors (Lipinski definition) is 4. The van der Waals surface area contributed by atoms with Crippen LogP contribution in [0.15, 0.2) is 46.0 Å². The van der Waals surface area contributed by atoms with E-state index in [4.69, 9.17) is 9.47 Å². The highest BCUT2D eigenvalue weighted by molar-refractivity contribution is 5.96. The number of cyclic esters (lactones) is 2. The third kappa shape index (κ3) is 4.88. The Bertz CT molecular complexity index is 806. The van der Waals surface area contributed by atoms with Gasteiger partial charge in [-0.2, -0.15) is 0 Å². The standard InChI is InChI=1S/2C12H16O4/c2*1-2-3-4-9-7-5-6-8(13)11(14)10(7)12(15)16-9/h2*4,8,11,13-14H,2-3,5-6H2,1H3/b2*9-4-/t2*8-,11-/m10/s1. The summed E-state index contributed by atoms with van der Waals surface area (Å²) in [5.41, 5.74) is 2.05. The summed E-state index contributed by atoms with van der Waals surface area (Å²) in [6.45, 7) is 4.09.